The first-order chi connectivity index (χ1) is 12.5. The standard InChI is InChI=1S/C18H19ClN4O3/c1-3-23(10-11-26-13(2)24)16-7-4-14(5-8-16)20-21-18-9-6-15(22-25)12-17(18)19/h4-9,12H,3,10-11H2,1-2H3. The van der Waals surface area contributed by atoms with Crippen molar-refractivity contribution < 1.29 is 9.53 Å². The van der Waals surface area contributed by atoms with Crippen LogP contribution in [0.2, 0.25) is 5.02 Å². The van der Waals surface area contributed by atoms with Gasteiger partial charge in [0, 0.05) is 19.2 Å². The van der Waals surface area contributed by atoms with Crippen molar-refractivity contribution >= 4 is 40.3 Å². The van der Waals surface area contributed by atoms with E-state index < -0.39 is 0 Å². The van der Waals surface area contributed by atoms with Crippen molar-refractivity contribution in [2.45, 2.75) is 13.8 Å². The fourth-order valence-corrected chi connectivity index (χ4v) is 2.46. The fraction of sp³-hybridized carbons (Fsp3) is 0.278. The maximum absolute atomic E-state index is 10.8. The molecule has 8 heteroatoms. The third-order valence-electron chi connectivity index (χ3n) is 3.57. The summed E-state index contributed by atoms with van der Waals surface area (Å²) in [7, 11) is 0. The zero-order valence-corrected chi connectivity index (χ0v) is 15.3. The molecule has 0 radical (unpaired) electrons. The molecule has 0 bridgehead atoms. The van der Waals surface area contributed by atoms with Gasteiger partial charge in [-0.15, -0.1) is 10.0 Å². The van der Waals surface area contributed by atoms with Crippen LogP contribution in [0.25, 0.3) is 0 Å². The van der Waals surface area contributed by atoms with Gasteiger partial charge < -0.3 is 9.64 Å². The summed E-state index contributed by atoms with van der Waals surface area (Å²) in [5.41, 5.74) is 2.36. The molecule has 0 spiro atoms. The highest BCUT2D eigenvalue weighted by Crippen LogP contribution is 2.30. The first kappa shape index (κ1) is 19.5. The largest absolute Gasteiger partial charge is 0.464 e. The van der Waals surface area contributed by atoms with Gasteiger partial charge in [0.05, 0.1) is 17.3 Å². The van der Waals surface area contributed by atoms with Gasteiger partial charge in [-0.3, -0.25) is 4.79 Å². The maximum Gasteiger partial charge on any atom is 0.302 e. The molecule has 0 aromatic heterocycles. The molecule has 0 aliphatic heterocycles. The number of hydrogen-bond donors (Lipinski definition) is 0. The molecule has 0 saturated carbocycles. The molecular weight excluding hydrogens is 356 g/mol. The summed E-state index contributed by atoms with van der Waals surface area (Å²) in [4.78, 5) is 23.4. The second-order valence-electron chi connectivity index (χ2n) is 5.36. The molecule has 0 fully saturated rings. The van der Waals surface area contributed by atoms with Crippen molar-refractivity contribution in [3.63, 3.8) is 0 Å². The Kier molecular flexibility index (Phi) is 7.23. The summed E-state index contributed by atoms with van der Waals surface area (Å²) < 4.78 is 4.98. The highest BCUT2D eigenvalue weighted by molar-refractivity contribution is 6.33. The lowest BCUT2D eigenvalue weighted by Crippen LogP contribution is -2.27. The highest BCUT2D eigenvalue weighted by atomic mass is 35.5. The summed E-state index contributed by atoms with van der Waals surface area (Å²) in [5.74, 6) is -0.285. The van der Waals surface area contributed by atoms with E-state index in [0.29, 0.717) is 29.5 Å². The summed E-state index contributed by atoms with van der Waals surface area (Å²) in [6.45, 7) is 5.17. The van der Waals surface area contributed by atoms with E-state index in [4.69, 9.17) is 16.3 Å². The van der Waals surface area contributed by atoms with Gasteiger partial charge in [-0.1, -0.05) is 11.6 Å². The zero-order chi connectivity index (χ0) is 18.9. The Morgan fingerprint density at radius 3 is 2.38 bits per heavy atom. The topological polar surface area (TPSA) is 83.7 Å². The Morgan fingerprint density at radius 2 is 1.81 bits per heavy atom. The Morgan fingerprint density at radius 1 is 1.12 bits per heavy atom. The van der Waals surface area contributed by atoms with Crippen LogP contribution in [-0.4, -0.2) is 25.7 Å². The smallest absolute Gasteiger partial charge is 0.302 e. The number of halogens is 1. The molecule has 136 valence electrons. The third kappa shape index (κ3) is 5.63. The molecule has 2 aromatic rings. The molecule has 0 N–H and O–H groups in total. The number of anilines is 1. The SMILES string of the molecule is CCN(CCOC(C)=O)c1ccc(N=Nc2ccc(N=O)cc2Cl)cc1. The van der Waals surface area contributed by atoms with Crippen LogP contribution in [-0.2, 0) is 9.53 Å². The molecule has 7 nitrogen and oxygen atoms in total. The van der Waals surface area contributed by atoms with Gasteiger partial charge in [-0.05, 0) is 54.6 Å². The Bertz CT molecular complexity index is 794. The van der Waals surface area contributed by atoms with E-state index >= 15 is 0 Å². The van der Waals surface area contributed by atoms with Crippen LogP contribution >= 0.6 is 11.6 Å². The second-order valence-corrected chi connectivity index (χ2v) is 5.77. The lowest BCUT2D eigenvalue weighted by Gasteiger charge is -2.22. The van der Waals surface area contributed by atoms with Gasteiger partial charge in [-0.25, -0.2) is 0 Å². The van der Waals surface area contributed by atoms with Crippen molar-refractivity contribution in [1.82, 2.24) is 0 Å². The van der Waals surface area contributed by atoms with E-state index in [2.05, 4.69) is 20.3 Å². The number of azo groups is 1. The molecule has 0 atom stereocenters. The van der Waals surface area contributed by atoms with Crippen molar-refractivity contribution in [1.29, 1.82) is 0 Å². The minimum Gasteiger partial charge on any atom is -0.464 e. The first-order valence-corrected chi connectivity index (χ1v) is 8.44. The van der Waals surface area contributed by atoms with Gasteiger partial charge in [0.25, 0.3) is 0 Å². The van der Waals surface area contributed by atoms with Gasteiger partial charge in [0.15, 0.2) is 0 Å². The van der Waals surface area contributed by atoms with Crippen LogP contribution in [0.5, 0.6) is 0 Å². The summed E-state index contributed by atoms with van der Waals surface area (Å²) in [6, 6.07) is 12.1. The number of benzene rings is 2. The number of likely N-dealkylation sites (N-methyl/N-ethyl adjacent to an activating group) is 1. The van der Waals surface area contributed by atoms with E-state index in [1.807, 2.05) is 31.2 Å². The van der Waals surface area contributed by atoms with Crippen molar-refractivity contribution in [3.05, 3.63) is 52.4 Å². The number of hydrogen-bond acceptors (Lipinski definition) is 7. The Labute approximate surface area is 156 Å². The van der Waals surface area contributed by atoms with Crippen LogP contribution in [0.3, 0.4) is 0 Å². The number of nitroso groups, excluding NO2 is 1. The lowest BCUT2D eigenvalue weighted by atomic mass is 10.2. The number of nitrogens with zero attached hydrogens (tertiary/aromatic N) is 4. The van der Waals surface area contributed by atoms with Crippen molar-refractivity contribution in [2.75, 3.05) is 24.6 Å². The quantitative estimate of drug-likeness (QED) is 0.345. The molecule has 0 aliphatic carbocycles. The van der Waals surface area contributed by atoms with Gasteiger partial charge in [-0.2, -0.15) is 5.11 Å². The molecule has 0 amide bonds. The van der Waals surface area contributed by atoms with Gasteiger partial charge in [0.2, 0.25) is 0 Å². The molecule has 0 saturated heterocycles. The van der Waals surface area contributed by atoms with Crippen LogP contribution in [0.1, 0.15) is 13.8 Å². The molecule has 0 aliphatic rings. The lowest BCUT2D eigenvalue weighted by molar-refractivity contribution is -0.140. The summed E-state index contributed by atoms with van der Waals surface area (Å²) >= 11 is 6.04. The number of ether oxygens (including phenoxy) is 1. The van der Waals surface area contributed by atoms with Gasteiger partial charge >= 0.3 is 5.97 Å². The zero-order valence-electron chi connectivity index (χ0n) is 14.6. The molecule has 26 heavy (non-hydrogen) atoms. The molecule has 2 aromatic carbocycles. The summed E-state index contributed by atoms with van der Waals surface area (Å²) in [6.07, 6.45) is 0. The molecule has 2 rings (SSSR count). The number of rotatable bonds is 8. The van der Waals surface area contributed by atoms with Crippen molar-refractivity contribution in [3.8, 4) is 0 Å². The van der Waals surface area contributed by atoms with Crippen molar-refractivity contribution in [2.24, 2.45) is 15.4 Å². The molecule has 0 heterocycles. The van der Waals surface area contributed by atoms with Crippen LogP contribution in [0.4, 0.5) is 22.7 Å². The highest BCUT2D eigenvalue weighted by Gasteiger charge is 2.05. The molecule has 0 unspecified atom stereocenters. The van der Waals surface area contributed by atoms with E-state index in [9.17, 15) is 9.70 Å². The number of carbonyl (C=O) groups excluding carboxylic acids is 1. The van der Waals surface area contributed by atoms with E-state index in [1.54, 1.807) is 6.07 Å². The van der Waals surface area contributed by atoms with Crippen LogP contribution in [0.15, 0.2) is 57.9 Å². The third-order valence-corrected chi connectivity index (χ3v) is 3.88. The average Bonchev–Trinajstić information content (AvgIpc) is 2.64. The maximum atomic E-state index is 10.8. The minimum atomic E-state index is -0.285. The normalized spacial score (nSPS) is 10.7. The minimum absolute atomic E-state index is 0.242. The summed E-state index contributed by atoms with van der Waals surface area (Å²) in [5, 5.41) is 11.4. The molecular formula is C18H19ClN4O3. The average molecular weight is 375 g/mol. The first-order valence-electron chi connectivity index (χ1n) is 8.06. The Hall–Kier alpha value is -2.80. The van der Waals surface area contributed by atoms with Crippen LogP contribution < -0.4 is 4.90 Å². The number of esters is 1. The van der Waals surface area contributed by atoms with E-state index in [0.717, 1.165) is 12.2 Å². The Balaban J connectivity index is 2.04. The predicted octanol–water partition coefficient (Wildman–Crippen LogP) is 5.54. The van der Waals surface area contributed by atoms with Crippen LogP contribution in [0, 0.1) is 4.91 Å². The van der Waals surface area contributed by atoms with E-state index in [1.165, 1.54) is 19.1 Å². The van der Waals surface area contributed by atoms with Gasteiger partial charge in [0.1, 0.15) is 18.0 Å². The van der Waals surface area contributed by atoms with E-state index in [-0.39, 0.29) is 11.7 Å². The predicted molar refractivity (Wildman–Crippen MR) is 102 cm³/mol. The fourth-order valence-electron chi connectivity index (χ4n) is 2.24. The monoisotopic (exact) mass is 374 g/mol. The number of carbonyl (C=O) groups is 1. The second kappa shape index (κ2) is 9.62.